The topological polar surface area (TPSA) is 54.5 Å². The van der Waals surface area contributed by atoms with Crippen LogP contribution in [0, 0.1) is 19.8 Å². The maximum atomic E-state index is 12.4. The predicted octanol–water partition coefficient (Wildman–Crippen LogP) is 2.71. The Hall–Kier alpha value is -1.07. The Balaban J connectivity index is 2.43. The van der Waals surface area contributed by atoms with Crippen LogP contribution >= 0.6 is 10.7 Å². The molecule has 1 atom stereocenters. The normalized spacial score (nSPS) is 19.4. The number of benzene rings is 1. The summed E-state index contributed by atoms with van der Waals surface area (Å²) < 4.78 is 23.2. The van der Waals surface area contributed by atoms with Crippen LogP contribution in [0.15, 0.2) is 17.0 Å². The highest BCUT2D eigenvalue weighted by Gasteiger charge is 2.26. The quantitative estimate of drug-likeness (QED) is 0.788. The minimum atomic E-state index is -3.84. The second-order valence-electron chi connectivity index (χ2n) is 5.50. The maximum absolute atomic E-state index is 12.4. The summed E-state index contributed by atoms with van der Waals surface area (Å²) in [7, 11) is 1.60. The summed E-state index contributed by atoms with van der Waals surface area (Å²) in [5.41, 5.74) is 1.73. The summed E-state index contributed by atoms with van der Waals surface area (Å²) in [6.45, 7) is 7.01. The van der Waals surface area contributed by atoms with Crippen molar-refractivity contribution in [3.05, 3.63) is 28.8 Å². The highest BCUT2D eigenvalue weighted by Crippen LogP contribution is 2.26. The third-order valence-electron chi connectivity index (χ3n) is 3.84. The van der Waals surface area contributed by atoms with Crippen LogP contribution in [0.25, 0.3) is 0 Å². The van der Waals surface area contributed by atoms with E-state index >= 15 is 0 Å². The van der Waals surface area contributed by atoms with Crippen molar-refractivity contribution < 1.29 is 13.2 Å². The van der Waals surface area contributed by atoms with Crippen molar-refractivity contribution >= 4 is 25.6 Å². The summed E-state index contributed by atoms with van der Waals surface area (Å²) in [6, 6.07) is 3.11. The van der Waals surface area contributed by atoms with Crippen LogP contribution in [-0.4, -0.2) is 32.3 Å². The number of carbonyl (C=O) groups is 1. The molecule has 1 fully saturated rings. The van der Waals surface area contributed by atoms with Gasteiger partial charge in [0.1, 0.15) is 0 Å². The van der Waals surface area contributed by atoms with Crippen LogP contribution in [0.4, 0.5) is 0 Å². The van der Waals surface area contributed by atoms with Gasteiger partial charge in [-0.3, -0.25) is 4.79 Å². The van der Waals surface area contributed by atoms with Gasteiger partial charge in [0.15, 0.2) is 0 Å². The van der Waals surface area contributed by atoms with Gasteiger partial charge in [0.2, 0.25) is 0 Å². The van der Waals surface area contributed by atoms with E-state index in [1.165, 1.54) is 6.07 Å². The van der Waals surface area contributed by atoms with Crippen molar-refractivity contribution in [3.8, 4) is 0 Å². The lowest BCUT2D eigenvalue weighted by molar-refractivity contribution is 0.0787. The first-order chi connectivity index (χ1) is 9.20. The molecule has 0 radical (unpaired) electrons. The minimum absolute atomic E-state index is 0.0229. The van der Waals surface area contributed by atoms with E-state index in [2.05, 4.69) is 6.92 Å². The molecule has 20 heavy (non-hydrogen) atoms. The fourth-order valence-electron chi connectivity index (χ4n) is 2.51. The Morgan fingerprint density at radius 1 is 1.35 bits per heavy atom. The highest BCUT2D eigenvalue weighted by molar-refractivity contribution is 8.13. The van der Waals surface area contributed by atoms with E-state index in [9.17, 15) is 13.2 Å². The summed E-state index contributed by atoms with van der Waals surface area (Å²) in [4.78, 5) is 14.2. The predicted molar refractivity (Wildman–Crippen MR) is 78.6 cm³/mol. The van der Waals surface area contributed by atoms with Gasteiger partial charge in [-0.1, -0.05) is 6.92 Å². The summed E-state index contributed by atoms with van der Waals surface area (Å²) >= 11 is 0. The zero-order valence-electron chi connectivity index (χ0n) is 11.8. The molecule has 1 aromatic carbocycles. The van der Waals surface area contributed by atoms with Gasteiger partial charge in [0.05, 0.1) is 4.90 Å². The van der Waals surface area contributed by atoms with E-state index in [1.54, 1.807) is 24.8 Å². The molecule has 6 heteroatoms. The molecule has 0 spiro atoms. The fraction of sp³-hybridized carbons (Fsp3) is 0.500. The second-order valence-corrected chi connectivity index (χ2v) is 8.03. The van der Waals surface area contributed by atoms with Gasteiger partial charge in [-0.15, -0.1) is 0 Å². The van der Waals surface area contributed by atoms with Crippen LogP contribution < -0.4 is 0 Å². The largest absolute Gasteiger partial charge is 0.338 e. The molecule has 1 aliphatic rings. The molecule has 1 saturated heterocycles. The van der Waals surface area contributed by atoms with Crippen LogP contribution in [-0.2, 0) is 9.05 Å². The average molecular weight is 316 g/mol. The number of hydrogen-bond acceptors (Lipinski definition) is 3. The number of nitrogens with zero attached hydrogens (tertiary/aromatic N) is 1. The molecule has 1 unspecified atom stereocenters. The van der Waals surface area contributed by atoms with E-state index in [0.717, 1.165) is 18.5 Å². The van der Waals surface area contributed by atoms with Crippen LogP contribution in [0.2, 0.25) is 0 Å². The van der Waals surface area contributed by atoms with Crippen molar-refractivity contribution in [3.63, 3.8) is 0 Å². The van der Waals surface area contributed by atoms with Gasteiger partial charge >= 0.3 is 0 Å². The molecule has 0 saturated carbocycles. The van der Waals surface area contributed by atoms with E-state index in [-0.39, 0.29) is 10.8 Å². The Bertz CT molecular complexity index is 655. The zero-order valence-corrected chi connectivity index (χ0v) is 13.4. The molecule has 4 nitrogen and oxygen atoms in total. The fourth-order valence-corrected chi connectivity index (χ4v) is 3.78. The second kappa shape index (κ2) is 5.37. The molecule has 0 aliphatic carbocycles. The first-order valence-electron chi connectivity index (χ1n) is 6.55. The summed E-state index contributed by atoms with van der Waals surface area (Å²) in [5.74, 6) is 0.362. The highest BCUT2D eigenvalue weighted by atomic mass is 35.7. The van der Waals surface area contributed by atoms with Gasteiger partial charge < -0.3 is 4.90 Å². The number of hydrogen-bond donors (Lipinski definition) is 0. The summed E-state index contributed by atoms with van der Waals surface area (Å²) in [5, 5.41) is 0. The lowest BCUT2D eigenvalue weighted by Crippen LogP contribution is -2.28. The lowest BCUT2D eigenvalue weighted by Gasteiger charge is -2.17. The Morgan fingerprint density at radius 3 is 2.50 bits per heavy atom. The number of rotatable bonds is 2. The van der Waals surface area contributed by atoms with Gasteiger partial charge in [0.25, 0.3) is 15.0 Å². The van der Waals surface area contributed by atoms with Crippen molar-refractivity contribution in [1.82, 2.24) is 4.90 Å². The van der Waals surface area contributed by atoms with Crippen LogP contribution in [0.3, 0.4) is 0 Å². The molecule has 1 amide bonds. The Kier molecular flexibility index (Phi) is 4.12. The Morgan fingerprint density at radius 2 is 2.00 bits per heavy atom. The van der Waals surface area contributed by atoms with Gasteiger partial charge in [-0.05, 0) is 49.4 Å². The molecule has 1 heterocycles. The molecular formula is C14H18ClNO3S. The molecular weight excluding hydrogens is 298 g/mol. The average Bonchev–Trinajstić information content (AvgIpc) is 2.76. The maximum Gasteiger partial charge on any atom is 0.261 e. The SMILES string of the molecule is Cc1cc(C(=O)N2CCC(C)C2)cc(S(=O)(=O)Cl)c1C. The van der Waals surface area contributed by atoms with Gasteiger partial charge in [0, 0.05) is 29.3 Å². The number of amides is 1. The van der Waals surface area contributed by atoms with Gasteiger partial charge in [-0.2, -0.15) is 0 Å². The molecule has 1 aromatic rings. The first-order valence-corrected chi connectivity index (χ1v) is 8.86. The molecule has 110 valence electrons. The molecule has 0 bridgehead atoms. The number of aryl methyl sites for hydroxylation is 1. The van der Waals surface area contributed by atoms with E-state index in [0.29, 0.717) is 23.6 Å². The van der Waals surface area contributed by atoms with Crippen LogP contribution in [0.5, 0.6) is 0 Å². The zero-order chi connectivity index (χ0) is 15.1. The minimum Gasteiger partial charge on any atom is -0.338 e. The Labute approximate surface area is 124 Å². The number of carbonyl (C=O) groups excluding carboxylic acids is 1. The standard InChI is InChI=1S/C14H18ClNO3S/c1-9-4-5-16(8-9)14(17)12-6-10(2)11(3)13(7-12)20(15,18)19/h6-7,9H,4-5,8H2,1-3H3. The number of halogens is 1. The van der Waals surface area contributed by atoms with E-state index in [1.807, 2.05) is 0 Å². The van der Waals surface area contributed by atoms with Crippen molar-refractivity contribution in [2.45, 2.75) is 32.1 Å². The van der Waals surface area contributed by atoms with Crippen molar-refractivity contribution in [2.75, 3.05) is 13.1 Å². The molecule has 0 N–H and O–H groups in total. The number of likely N-dealkylation sites (tertiary alicyclic amines) is 1. The van der Waals surface area contributed by atoms with Crippen LogP contribution in [0.1, 0.15) is 34.8 Å². The van der Waals surface area contributed by atoms with Gasteiger partial charge in [-0.25, -0.2) is 8.42 Å². The first kappa shape index (κ1) is 15.3. The third-order valence-corrected chi connectivity index (χ3v) is 5.29. The monoisotopic (exact) mass is 315 g/mol. The molecule has 1 aliphatic heterocycles. The van der Waals surface area contributed by atoms with Crippen molar-refractivity contribution in [2.24, 2.45) is 5.92 Å². The third kappa shape index (κ3) is 2.99. The molecule has 2 rings (SSSR count). The summed E-state index contributed by atoms with van der Waals surface area (Å²) in [6.07, 6.45) is 0.983. The lowest BCUT2D eigenvalue weighted by atomic mass is 10.1. The van der Waals surface area contributed by atoms with E-state index < -0.39 is 9.05 Å². The smallest absolute Gasteiger partial charge is 0.261 e. The van der Waals surface area contributed by atoms with Crippen molar-refractivity contribution in [1.29, 1.82) is 0 Å². The van der Waals surface area contributed by atoms with E-state index in [4.69, 9.17) is 10.7 Å². The molecule has 0 aromatic heterocycles.